The summed E-state index contributed by atoms with van der Waals surface area (Å²) in [6.07, 6.45) is 1.02. The fourth-order valence-corrected chi connectivity index (χ4v) is 4.78. The average Bonchev–Trinajstić information content (AvgIpc) is 2.78. The van der Waals surface area contributed by atoms with Crippen molar-refractivity contribution in [1.82, 2.24) is 9.21 Å². The second-order valence-electron chi connectivity index (χ2n) is 7.00. The van der Waals surface area contributed by atoms with Crippen LogP contribution >= 0.6 is 0 Å². The molecule has 1 aliphatic rings. The summed E-state index contributed by atoms with van der Waals surface area (Å²) in [5.74, 6) is 0.839. The summed E-state index contributed by atoms with van der Waals surface area (Å²) in [6, 6.07) is 15.6. The third kappa shape index (κ3) is 5.17. The fourth-order valence-electron chi connectivity index (χ4n) is 3.36. The molecule has 0 radical (unpaired) electrons. The van der Waals surface area contributed by atoms with Gasteiger partial charge in [-0.05, 0) is 55.3 Å². The molecule has 0 unspecified atom stereocenters. The minimum atomic E-state index is -3.63. The Morgan fingerprint density at radius 2 is 1.67 bits per heavy atom. The lowest BCUT2D eigenvalue weighted by Crippen LogP contribution is -2.50. The van der Waals surface area contributed by atoms with E-state index in [4.69, 9.17) is 10.00 Å². The molecule has 0 spiro atoms. The molecule has 0 aromatic heterocycles. The molecule has 0 saturated carbocycles. The molecule has 1 fully saturated rings. The van der Waals surface area contributed by atoms with Crippen molar-refractivity contribution in [2.45, 2.75) is 24.7 Å². The van der Waals surface area contributed by atoms with Crippen LogP contribution in [0.2, 0.25) is 0 Å². The molecule has 0 aliphatic carbocycles. The first-order valence-corrected chi connectivity index (χ1v) is 11.4. The summed E-state index contributed by atoms with van der Waals surface area (Å²) >= 11 is 0. The van der Waals surface area contributed by atoms with Crippen LogP contribution in [-0.2, 0) is 21.2 Å². The number of piperazine rings is 1. The molecule has 1 saturated heterocycles. The Morgan fingerprint density at radius 1 is 1.03 bits per heavy atom. The largest absolute Gasteiger partial charge is 0.494 e. The predicted octanol–water partition coefficient (Wildman–Crippen LogP) is 2.42. The van der Waals surface area contributed by atoms with Gasteiger partial charge in [-0.3, -0.25) is 4.79 Å². The van der Waals surface area contributed by atoms with Crippen LogP contribution in [-0.4, -0.2) is 56.3 Å². The highest BCUT2D eigenvalue weighted by atomic mass is 32.2. The van der Waals surface area contributed by atoms with E-state index in [0.29, 0.717) is 38.1 Å². The molecule has 7 nitrogen and oxygen atoms in total. The van der Waals surface area contributed by atoms with E-state index in [1.807, 2.05) is 37.3 Å². The molecule has 1 amide bonds. The molecule has 3 rings (SSSR count). The number of hydrogen-bond acceptors (Lipinski definition) is 5. The standard InChI is InChI=1S/C22H25N3O4S/c1-2-29-20-8-3-18(4-9-20)7-12-22(26)24-13-15-25(16-14-24)30(27,28)21-10-5-19(17-23)6-11-21/h3-6,8-11H,2,7,12-16H2,1H3. The summed E-state index contributed by atoms with van der Waals surface area (Å²) in [5.41, 5.74) is 1.48. The number of aryl methyl sites for hydroxylation is 1. The third-order valence-electron chi connectivity index (χ3n) is 5.07. The van der Waals surface area contributed by atoms with Crippen molar-refractivity contribution in [2.75, 3.05) is 32.8 Å². The van der Waals surface area contributed by atoms with Gasteiger partial charge in [-0.25, -0.2) is 8.42 Å². The van der Waals surface area contributed by atoms with Crippen molar-refractivity contribution >= 4 is 15.9 Å². The fraction of sp³-hybridized carbons (Fsp3) is 0.364. The van der Waals surface area contributed by atoms with E-state index in [1.54, 1.807) is 4.90 Å². The molecule has 158 valence electrons. The van der Waals surface area contributed by atoms with Crippen LogP contribution in [0.1, 0.15) is 24.5 Å². The monoisotopic (exact) mass is 427 g/mol. The number of nitriles is 1. The van der Waals surface area contributed by atoms with Crippen LogP contribution in [0.4, 0.5) is 0 Å². The van der Waals surface area contributed by atoms with Gasteiger partial charge < -0.3 is 9.64 Å². The van der Waals surface area contributed by atoms with Crippen molar-refractivity contribution < 1.29 is 17.9 Å². The van der Waals surface area contributed by atoms with E-state index in [9.17, 15) is 13.2 Å². The van der Waals surface area contributed by atoms with Gasteiger partial charge >= 0.3 is 0 Å². The van der Waals surface area contributed by atoms with Crippen LogP contribution in [0, 0.1) is 11.3 Å². The first kappa shape index (κ1) is 21.8. The minimum Gasteiger partial charge on any atom is -0.494 e. The van der Waals surface area contributed by atoms with E-state index < -0.39 is 10.0 Å². The summed E-state index contributed by atoms with van der Waals surface area (Å²) in [6.45, 7) is 3.82. The first-order chi connectivity index (χ1) is 14.4. The topological polar surface area (TPSA) is 90.7 Å². The highest BCUT2D eigenvalue weighted by Gasteiger charge is 2.29. The Hall–Kier alpha value is -2.89. The zero-order valence-corrected chi connectivity index (χ0v) is 17.8. The molecule has 1 aliphatic heterocycles. The predicted molar refractivity (Wildman–Crippen MR) is 112 cm³/mol. The molecule has 8 heteroatoms. The van der Waals surface area contributed by atoms with Crippen molar-refractivity contribution in [3.63, 3.8) is 0 Å². The van der Waals surface area contributed by atoms with Gasteiger partial charge in [0.25, 0.3) is 0 Å². The molecule has 0 N–H and O–H groups in total. The maximum absolute atomic E-state index is 12.8. The number of benzene rings is 2. The lowest BCUT2D eigenvalue weighted by molar-refractivity contribution is -0.132. The van der Waals surface area contributed by atoms with Gasteiger partial charge in [0.2, 0.25) is 15.9 Å². The van der Waals surface area contributed by atoms with Gasteiger partial charge in [-0.2, -0.15) is 9.57 Å². The van der Waals surface area contributed by atoms with Gasteiger partial charge in [-0.15, -0.1) is 0 Å². The van der Waals surface area contributed by atoms with Gasteiger partial charge in [-0.1, -0.05) is 12.1 Å². The lowest BCUT2D eigenvalue weighted by atomic mass is 10.1. The molecular formula is C22H25N3O4S. The number of carbonyl (C=O) groups is 1. The molecule has 2 aromatic rings. The number of ether oxygens (including phenoxy) is 1. The zero-order chi connectivity index (χ0) is 21.6. The zero-order valence-electron chi connectivity index (χ0n) is 17.0. The van der Waals surface area contributed by atoms with Crippen molar-refractivity contribution in [3.05, 3.63) is 59.7 Å². The summed E-state index contributed by atoms with van der Waals surface area (Å²) in [5, 5.41) is 8.86. The number of hydrogen-bond donors (Lipinski definition) is 0. The van der Waals surface area contributed by atoms with Gasteiger partial charge in [0.05, 0.1) is 23.1 Å². The number of nitrogens with zero attached hydrogens (tertiary/aromatic N) is 3. The van der Waals surface area contributed by atoms with Crippen molar-refractivity contribution in [2.24, 2.45) is 0 Å². The molecular weight excluding hydrogens is 402 g/mol. The highest BCUT2D eigenvalue weighted by molar-refractivity contribution is 7.89. The van der Waals surface area contributed by atoms with Gasteiger partial charge in [0.1, 0.15) is 5.75 Å². The second-order valence-corrected chi connectivity index (χ2v) is 8.94. The number of rotatable bonds is 7. The van der Waals surface area contributed by atoms with Crippen LogP contribution in [0.25, 0.3) is 0 Å². The van der Waals surface area contributed by atoms with E-state index in [2.05, 4.69) is 0 Å². The van der Waals surface area contributed by atoms with Crippen LogP contribution in [0.15, 0.2) is 53.4 Å². The van der Waals surface area contributed by atoms with Crippen LogP contribution in [0.3, 0.4) is 0 Å². The second kappa shape index (κ2) is 9.74. The smallest absolute Gasteiger partial charge is 0.243 e. The Morgan fingerprint density at radius 3 is 2.23 bits per heavy atom. The Kier molecular flexibility index (Phi) is 7.08. The number of carbonyl (C=O) groups excluding carboxylic acids is 1. The maximum Gasteiger partial charge on any atom is 0.243 e. The molecule has 1 heterocycles. The van der Waals surface area contributed by atoms with Gasteiger partial charge in [0.15, 0.2) is 0 Å². The van der Waals surface area contributed by atoms with Crippen LogP contribution < -0.4 is 4.74 Å². The summed E-state index contributed by atoms with van der Waals surface area (Å²) in [4.78, 5) is 14.4. The average molecular weight is 428 g/mol. The molecule has 0 bridgehead atoms. The summed E-state index contributed by atoms with van der Waals surface area (Å²) in [7, 11) is -3.63. The lowest BCUT2D eigenvalue weighted by Gasteiger charge is -2.34. The summed E-state index contributed by atoms with van der Waals surface area (Å²) < 4.78 is 32.4. The Bertz CT molecular complexity index is 1000. The van der Waals surface area contributed by atoms with E-state index in [1.165, 1.54) is 28.6 Å². The molecule has 0 atom stereocenters. The normalized spacial score (nSPS) is 14.9. The SMILES string of the molecule is CCOc1ccc(CCC(=O)N2CCN(S(=O)(=O)c3ccc(C#N)cc3)CC2)cc1. The first-order valence-electron chi connectivity index (χ1n) is 9.94. The third-order valence-corrected chi connectivity index (χ3v) is 6.99. The minimum absolute atomic E-state index is 0.0271. The highest BCUT2D eigenvalue weighted by Crippen LogP contribution is 2.19. The number of amides is 1. The van der Waals surface area contributed by atoms with Crippen LogP contribution in [0.5, 0.6) is 5.75 Å². The molecule has 30 heavy (non-hydrogen) atoms. The Labute approximate surface area is 177 Å². The van der Waals surface area contributed by atoms with E-state index >= 15 is 0 Å². The maximum atomic E-state index is 12.8. The quantitative estimate of drug-likeness (QED) is 0.677. The van der Waals surface area contributed by atoms with Crippen molar-refractivity contribution in [3.8, 4) is 11.8 Å². The molecule has 2 aromatic carbocycles. The van der Waals surface area contributed by atoms with Gasteiger partial charge in [0, 0.05) is 32.6 Å². The Balaban J connectivity index is 1.51. The van der Waals surface area contributed by atoms with Crippen molar-refractivity contribution in [1.29, 1.82) is 5.26 Å². The van der Waals surface area contributed by atoms with E-state index in [-0.39, 0.29) is 23.9 Å². The van der Waals surface area contributed by atoms with E-state index in [0.717, 1.165) is 11.3 Å². The number of sulfonamides is 1.